The fourth-order valence-corrected chi connectivity index (χ4v) is 4.13. The Morgan fingerprint density at radius 2 is 2.19 bits per heavy atom. The second-order valence-electron chi connectivity index (χ2n) is 7.46. The zero-order chi connectivity index (χ0) is 18.0. The van der Waals surface area contributed by atoms with Crippen molar-refractivity contribution in [1.82, 2.24) is 14.7 Å². The topological polar surface area (TPSA) is 73.7 Å². The van der Waals surface area contributed by atoms with Crippen LogP contribution >= 0.6 is 0 Å². The first kappa shape index (κ1) is 17.4. The molecule has 0 bridgehead atoms. The molecule has 3 heterocycles. The molecule has 2 aliphatic heterocycles. The number of carbonyl (C=O) groups is 1. The average molecular weight is 359 g/mol. The monoisotopic (exact) mass is 359 g/mol. The first-order chi connectivity index (χ1) is 12.7. The Morgan fingerprint density at radius 3 is 3.00 bits per heavy atom. The molecule has 7 nitrogen and oxygen atoms in total. The molecule has 0 N–H and O–H groups in total. The number of hydrogen-bond donors (Lipinski definition) is 0. The number of amides is 1. The number of nitrogens with zero attached hydrogens (tertiary/aromatic N) is 3. The summed E-state index contributed by atoms with van der Waals surface area (Å²) in [5, 5.41) is 4.11. The molecule has 0 unspecified atom stereocenters. The van der Waals surface area contributed by atoms with Crippen LogP contribution in [0.3, 0.4) is 0 Å². The van der Waals surface area contributed by atoms with Crippen molar-refractivity contribution in [2.45, 2.75) is 43.9 Å². The molecule has 4 rings (SSSR count). The summed E-state index contributed by atoms with van der Waals surface area (Å²) in [4.78, 5) is 26.6. The van der Waals surface area contributed by atoms with Gasteiger partial charge in [-0.3, -0.25) is 9.59 Å². The minimum Gasteiger partial charge on any atom is -0.377 e. The van der Waals surface area contributed by atoms with Gasteiger partial charge in [0.15, 0.2) is 0 Å². The van der Waals surface area contributed by atoms with Crippen molar-refractivity contribution >= 4 is 5.91 Å². The van der Waals surface area contributed by atoms with Gasteiger partial charge in [0.2, 0.25) is 5.91 Å². The van der Waals surface area contributed by atoms with Crippen LogP contribution in [0, 0.1) is 5.92 Å². The minimum atomic E-state index is -0.471. The third-order valence-electron chi connectivity index (χ3n) is 5.52. The summed E-state index contributed by atoms with van der Waals surface area (Å²) in [5.41, 5.74) is -0.596. The van der Waals surface area contributed by atoms with Gasteiger partial charge in [0.25, 0.3) is 5.56 Å². The lowest BCUT2D eigenvalue weighted by Crippen LogP contribution is -2.48. The maximum absolute atomic E-state index is 12.8. The summed E-state index contributed by atoms with van der Waals surface area (Å²) >= 11 is 0. The minimum absolute atomic E-state index is 0.0643. The number of aromatic nitrogens is 2. The predicted molar refractivity (Wildman–Crippen MR) is 94.6 cm³/mol. The summed E-state index contributed by atoms with van der Waals surface area (Å²) in [6, 6.07) is 3.14. The number of allylic oxidation sites excluding steroid dienone is 2. The molecule has 2 fully saturated rings. The summed E-state index contributed by atoms with van der Waals surface area (Å²) in [6.45, 7) is 2.65. The molecule has 1 aromatic rings. The highest BCUT2D eigenvalue weighted by atomic mass is 16.6. The van der Waals surface area contributed by atoms with Crippen molar-refractivity contribution < 1.29 is 14.3 Å². The first-order valence-electron chi connectivity index (χ1n) is 9.37. The highest BCUT2D eigenvalue weighted by Crippen LogP contribution is 2.34. The zero-order valence-corrected chi connectivity index (χ0v) is 14.9. The molecule has 1 aromatic heterocycles. The van der Waals surface area contributed by atoms with E-state index in [2.05, 4.69) is 17.3 Å². The van der Waals surface area contributed by atoms with Crippen LogP contribution < -0.4 is 5.56 Å². The Morgan fingerprint density at radius 1 is 1.35 bits per heavy atom. The Balaban J connectivity index is 1.43. The van der Waals surface area contributed by atoms with E-state index in [-0.39, 0.29) is 23.5 Å². The molecular weight excluding hydrogens is 334 g/mol. The fraction of sp³-hybridized carbons (Fsp3) is 0.632. The molecule has 3 aliphatic rings. The number of hydrogen-bond acceptors (Lipinski definition) is 5. The van der Waals surface area contributed by atoms with Gasteiger partial charge in [0, 0.05) is 24.7 Å². The van der Waals surface area contributed by atoms with Crippen molar-refractivity contribution in [2.75, 3.05) is 26.3 Å². The number of carbonyl (C=O) groups excluding carboxylic acids is 1. The largest absolute Gasteiger partial charge is 0.377 e. The predicted octanol–water partition coefficient (Wildman–Crippen LogP) is 0.986. The van der Waals surface area contributed by atoms with Crippen LogP contribution in [0.1, 0.15) is 25.7 Å². The standard InChI is InChI=1S/C19H25N3O4/c23-17-6-3-9-20-22(17)12-16-7-8-19(26-16)13-21(10-11-25-14-19)18(24)15-4-1-2-5-15/h1-3,6,9,15-16H,4-5,7-8,10-14H2/t16-,19-/m0/s1. The first-order valence-corrected chi connectivity index (χ1v) is 9.37. The van der Waals surface area contributed by atoms with E-state index in [1.807, 2.05) is 4.90 Å². The van der Waals surface area contributed by atoms with Gasteiger partial charge in [-0.15, -0.1) is 0 Å². The lowest BCUT2D eigenvalue weighted by molar-refractivity contribution is -0.140. The number of rotatable bonds is 3. The van der Waals surface area contributed by atoms with Crippen molar-refractivity contribution in [3.05, 3.63) is 40.8 Å². The van der Waals surface area contributed by atoms with E-state index < -0.39 is 5.60 Å². The Bertz CT molecular complexity index is 738. The molecule has 1 amide bonds. The van der Waals surface area contributed by atoms with Crippen molar-refractivity contribution in [3.8, 4) is 0 Å². The number of ether oxygens (including phenoxy) is 2. The van der Waals surface area contributed by atoms with E-state index in [1.54, 1.807) is 12.3 Å². The van der Waals surface area contributed by atoms with Gasteiger partial charge < -0.3 is 14.4 Å². The van der Waals surface area contributed by atoms with Crippen LogP contribution in [0.25, 0.3) is 0 Å². The summed E-state index contributed by atoms with van der Waals surface area (Å²) in [7, 11) is 0. The van der Waals surface area contributed by atoms with Gasteiger partial charge >= 0.3 is 0 Å². The molecule has 0 aromatic carbocycles. The van der Waals surface area contributed by atoms with E-state index >= 15 is 0 Å². The second-order valence-corrected chi connectivity index (χ2v) is 7.46. The van der Waals surface area contributed by atoms with Gasteiger partial charge in [-0.2, -0.15) is 5.10 Å². The maximum Gasteiger partial charge on any atom is 0.266 e. The van der Waals surface area contributed by atoms with Crippen molar-refractivity contribution in [2.24, 2.45) is 5.92 Å². The summed E-state index contributed by atoms with van der Waals surface area (Å²) in [5.74, 6) is 0.266. The van der Waals surface area contributed by atoms with Gasteiger partial charge in [0.05, 0.1) is 32.4 Å². The molecule has 26 heavy (non-hydrogen) atoms. The Labute approximate surface area is 152 Å². The van der Waals surface area contributed by atoms with Crippen LogP contribution in [0.5, 0.6) is 0 Å². The van der Waals surface area contributed by atoms with Crippen LogP contribution in [-0.4, -0.2) is 58.6 Å². The van der Waals surface area contributed by atoms with Crippen LogP contribution in [0.4, 0.5) is 0 Å². The van der Waals surface area contributed by atoms with Gasteiger partial charge in [-0.25, -0.2) is 4.68 Å². The molecular formula is C19H25N3O4. The molecule has 1 spiro atoms. The molecule has 1 aliphatic carbocycles. The van der Waals surface area contributed by atoms with E-state index in [1.165, 1.54) is 10.7 Å². The average Bonchev–Trinajstić information content (AvgIpc) is 3.25. The Kier molecular flexibility index (Phi) is 4.91. The van der Waals surface area contributed by atoms with Gasteiger partial charge in [0.1, 0.15) is 5.60 Å². The van der Waals surface area contributed by atoms with Crippen LogP contribution in [-0.2, 0) is 20.8 Å². The third-order valence-corrected chi connectivity index (χ3v) is 5.52. The zero-order valence-electron chi connectivity index (χ0n) is 14.9. The van der Waals surface area contributed by atoms with Gasteiger partial charge in [-0.1, -0.05) is 12.2 Å². The van der Waals surface area contributed by atoms with Gasteiger partial charge in [-0.05, 0) is 31.7 Å². The molecule has 7 heteroatoms. The SMILES string of the molecule is O=C(C1CC=CC1)N1CCOC[C@]2(CC[C@@H](Cn3ncccc3=O)O2)C1. The second kappa shape index (κ2) is 7.32. The molecule has 0 radical (unpaired) electrons. The van der Waals surface area contributed by atoms with E-state index in [0.29, 0.717) is 32.8 Å². The Hall–Kier alpha value is -1.99. The summed E-state index contributed by atoms with van der Waals surface area (Å²) < 4.78 is 13.6. The van der Waals surface area contributed by atoms with Crippen molar-refractivity contribution in [3.63, 3.8) is 0 Å². The molecule has 2 atom stereocenters. The molecule has 140 valence electrons. The normalized spacial score (nSPS) is 29.4. The van der Waals surface area contributed by atoms with E-state index in [0.717, 1.165) is 25.7 Å². The van der Waals surface area contributed by atoms with E-state index in [4.69, 9.17) is 9.47 Å². The highest BCUT2D eigenvalue weighted by Gasteiger charge is 2.44. The molecule has 0 saturated carbocycles. The highest BCUT2D eigenvalue weighted by molar-refractivity contribution is 5.79. The quantitative estimate of drug-likeness (QED) is 0.753. The smallest absolute Gasteiger partial charge is 0.266 e. The van der Waals surface area contributed by atoms with Crippen LogP contribution in [0.15, 0.2) is 35.3 Å². The van der Waals surface area contributed by atoms with Crippen molar-refractivity contribution in [1.29, 1.82) is 0 Å². The molecule has 2 saturated heterocycles. The lowest BCUT2D eigenvalue weighted by atomic mass is 9.98. The lowest BCUT2D eigenvalue weighted by Gasteiger charge is -2.33. The maximum atomic E-state index is 12.8. The fourth-order valence-electron chi connectivity index (χ4n) is 4.13. The third kappa shape index (κ3) is 3.59. The van der Waals surface area contributed by atoms with Crippen LogP contribution in [0.2, 0.25) is 0 Å². The van der Waals surface area contributed by atoms with E-state index in [9.17, 15) is 9.59 Å². The summed E-state index contributed by atoms with van der Waals surface area (Å²) in [6.07, 6.45) is 9.00.